The molecule has 0 spiro atoms. The Balaban J connectivity index is 2.41. The monoisotopic (exact) mass is 218 g/mol. The van der Waals surface area contributed by atoms with E-state index in [1.807, 2.05) is 6.07 Å². The lowest BCUT2D eigenvalue weighted by molar-refractivity contribution is 0.201. The summed E-state index contributed by atoms with van der Waals surface area (Å²) in [5.74, 6) is 0. The van der Waals surface area contributed by atoms with E-state index in [0.29, 0.717) is 6.54 Å². The van der Waals surface area contributed by atoms with Crippen LogP contribution in [0.1, 0.15) is 11.3 Å². The van der Waals surface area contributed by atoms with Crippen LogP contribution >= 0.6 is 0 Å². The first-order valence-electron chi connectivity index (χ1n) is 5.64. The first-order chi connectivity index (χ1) is 7.86. The van der Waals surface area contributed by atoms with Gasteiger partial charge in [0.25, 0.3) is 0 Å². The smallest absolute Gasteiger partial charge is 0.0517 e. The Morgan fingerprint density at radius 1 is 1.25 bits per heavy atom. The predicted octanol–water partition coefficient (Wildman–Crippen LogP) is 1.86. The van der Waals surface area contributed by atoms with Gasteiger partial charge in [0, 0.05) is 30.1 Å². The van der Waals surface area contributed by atoms with Crippen LogP contribution < -0.4 is 5.73 Å². The van der Waals surface area contributed by atoms with Gasteiger partial charge in [-0.05, 0) is 24.6 Å². The van der Waals surface area contributed by atoms with Crippen LogP contribution in [0.15, 0.2) is 24.3 Å². The number of fused-ring (bicyclic) bond motifs is 1. The Hall–Kier alpha value is -1.32. The number of benzene rings is 1. The third kappa shape index (κ3) is 2.10. The first kappa shape index (κ1) is 11.2. The number of hydrogen-bond acceptors (Lipinski definition) is 2. The molecule has 86 valence electrons. The second-order valence-electron chi connectivity index (χ2n) is 3.91. The number of H-pyrrole nitrogens is 1. The Kier molecular flexibility index (Phi) is 3.59. The van der Waals surface area contributed by atoms with Gasteiger partial charge in [-0.25, -0.2) is 0 Å². The van der Waals surface area contributed by atoms with Gasteiger partial charge in [-0.1, -0.05) is 18.2 Å². The number of nitrogens with two attached hydrogens (primary N) is 1. The van der Waals surface area contributed by atoms with Crippen molar-refractivity contribution < 1.29 is 4.74 Å². The van der Waals surface area contributed by atoms with Gasteiger partial charge in [-0.2, -0.15) is 0 Å². The average Bonchev–Trinajstić information content (AvgIpc) is 2.66. The minimum absolute atomic E-state index is 0.682. The number of aromatic amines is 1. The lowest BCUT2D eigenvalue weighted by Crippen LogP contribution is -2.05. The molecular weight excluding hydrogens is 200 g/mol. The van der Waals surface area contributed by atoms with Gasteiger partial charge in [0.1, 0.15) is 0 Å². The van der Waals surface area contributed by atoms with Gasteiger partial charge in [-0.15, -0.1) is 0 Å². The van der Waals surface area contributed by atoms with Crippen molar-refractivity contribution in [3.63, 3.8) is 0 Å². The van der Waals surface area contributed by atoms with E-state index in [4.69, 9.17) is 10.5 Å². The maximum atomic E-state index is 5.66. The molecule has 0 aliphatic heterocycles. The normalized spacial score (nSPS) is 11.1. The summed E-state index contributed by atoms with van der Waals surface area (Å²) in [6, 6.07) is 8.36. The molecule has 0 fully saturated rings. The number of methoxy groups -OCH3 is 1. The van der Waals surface area contributed by atoms with Crippen molar-refractivity contribution in [1.82, 2.24) is 4.98 Å². The van der Waals surface area contributed by atoms with Crippen LogP contribution in [0.5, 0.6) is 0 Å². The fourth-order valence-corrected chi connectivity index (χ4v) is 2.10. The maximum Gasteiger partial charge on any atom is 0.0517 e. The van der Waals surface area contributed by atoms with Crippen LogP contribution in [0.25, 0.3) is 10.9 Å². The zero-order valence-corrected chi connectivity index (χ0v) is 9.62. The van der Waals surface area contributed by atoms with Crippen LogP contribution in [0.3, 0.4) is 0 Å². The molecule has 3 nitrogen and oxygen atoms in total. The highest BCUT2D eigenvalue weighted by Crippen LogP contribution is 2.23. The number of ether oxygens (including phenoxy) is 1. The molecule has 0 amide bonds. The highest BCUT2D eigenvalue weighted by molar-refractivity contribution is 5.84. The van der Waals surface area contributed by atoms with Gasteiger partial charge >= 0.3 is 0 Å². The molecule has 0 unspecified atom stereocenters. The maximum absolute atomic E-state index is 5.66. The summed E-state index contributed by atoms with van der Waals surface area (Å²) in [6.07, 6.45) is 1.84. The third-order valence-electron chi connectivity index (χ3n) is 2.85. The highest BCUT2D eigenvalue weighted by atomic mass is 16.5. The van der Waals surface area contributed by atoms with Crippen molar-refractivity contribution in [2.24, 2.45) is 5.73 Å². The molecule has 0 bridgehead atoms. The van der Waals surface area contributed by atoms with Crippen molar-refractivity contribution in [3.05, 3.63) is 35.5 Å². The summed E-state index contributed by atoms with van der Waals surface area (Å²) in [5, 5.41) is 1.29. The molecule has 16 heavy (non-hydrogen) atoms. The molecule has 0 radical (unpaired) electrons. The molecular formula is C13H18N2O. The third-order valence-corrected chi connectivity index (χ3v) is 2.85. The molecule has 2 rings (SSSR count). The van der Waals surface area contributed by atoms with E-state index < -0.39 is 0 Å². The molecule has 2 aromatic rings. The molecule has 0 aliphatic carbocycles. The van der Waals surface area contributed by atoms with Crippen LogP contribution in [-0.4, -0.2) is 25.2 Å². The molecule has 0 atom stereocenters. The molecule has 0 aliphatic rings. The molecule has 3 heteroatoms. The molecule has 1 aromatic heterocycles. The zero-order chi connectivity index (χ0) is 11.4. The quantitative estimate of drug-likeness (QED) is 0.804. The molecule has 1 heterocycles. The fraction of sp³-hybridized carbons (Fsp3) is 0.385. The SMILES string of the molecule is COCCc1[nH]c2ccccc2c1CCN. The van der Waals surface area contributed by atoms with Crippen molar-refractivity contribution in [2.45, 2.75) is 12.8 Å². The Morgan fingerprint density at radius 2 is 2.06 bits per heavy atom. The van der Waals surface area contributed by atoms with E-state index in [9.17, 15) is 0 Å². The summed E-state index contributed by atoms with van der Waals surface area (Å²) >= 11 is 0. The number of para-hydroxylation sites is 1. The molecule has 1 aromatic carbocycles. The summed E-state index contributed by atoms with van der Waals surface area (Å²) in [5.41, 5.74) is 9.46. The van der Waals surface area contributed by atoms with Gasteiger partial charge in [0.2, 0.25) is 0 Å². The molecule has 3 N–H and O–H groups in total. The van der Waals surface area contributed by atoms with Crippen molar-refractivity contribution in [2.75, 3.05) is 20.3 Å². The number of rotatable bonds is 5. The fourth-order valence-electron chi connectivity index (χ4n) is 2.10. The van der Waals surface area contributed by atoms with E-state index in [-0.39, 0.29) is 0 Å². The van der Waals surface area contributed by atoms with Gasteiger partial charge < -0.3 is 15.5 Å². The van der Waals surface area contributed by atoms with Gasteiger partial charge in [0.15, 0.2) is 0 Å². The lowest BCUT2D eigenvalue weighted by atomic mass is 10.1. The van der Waals surface area contributed by atoms with E-state index in [0.717, 1.165) is 19.4 Å². The van der Waals surface area contributed by atoms with Gasteiger partial charge in [0.05, 0.1) is 6.61 Å². The van der Waals surface area contributed by atoms with E-state index in [2.05, 4.69) is 23.2 Å². The summed E-state index contributed by atoms with van der Waals surface area (Å²) < 4.78 is 5.12. The predicted molar refractivity (Wildman–Crippen MR) is 66.6 cm³/mol. The largest absolute Gasteiger partial charge is 0.384 e. The Bertz CT molecular complexity index is 462. The molecule has 0 saturated carbocycles. The van der Waals surface area contributed by atoms with E-state index in [1.165, 1.54) is 22.2 Å². The van der Waals surface area contributed by atoms with Crippen LogP contribution in [0.4, 0.5) is 0 Å². The second kappa shape index (κ2) is 5.14. The minimum Gasteiger partial charge on any atom is -0.384 e. The Labute approximate surface area is 95.6 Å². The topological polar surface area (TPSA) is 51.0 Å². The van der Waals surface area contributed by atoms with Crippen molar-refractivity contribution in [3.8, 4) is 0 Å². The average molecular weight is 218 g/mol. The van der Waals surface area contributed by atoms with Crippen molar-refractivity contribution in [1.29, 1.82) is 0 Å². The summed E-state index contributed by atoms with van der Waals surface area (Å²) in [4.78, 5) is 3.45. The second-order valence-corrected chi connectivity index (χ2v) is 3.91. The van der Waals surface area contributed by atoms with Crippen molar-refractivity contribution >= 4 is 10.9 Å². The van der Waals surface area contributed by atoms with Crippen LogP contribution in [-0.2, 0) is 17.6 Å². The first-order valence-corrected chi connectivity index (χ1v) is 5.64. The summed E-state index contributed by atoms with van der Waals surface area (Å²) in [7, 11) is 1.73. The molecule has 0 saturated heterocycles. The lowest BCUT2D eigenvalue weighted by Gasteiger charge is -2.02. The number of hydrogen-bond donors (Lipinski definition) is 2. The Morgan fingerprint density at radius 3 is 2.81 bits per heavy atom. The van der Waals surface area contributed by atoms with Crippen LogP contribution in [0.2, 0.25) is 0 Å². The minimum atomic E-state index is 0.682. The zero-order valence-electron chi connectivity index (χ0n) is 9.62. The van der Waals surface area contributed by atoms with E-state index in [1.54, 1.807) is 7.11 Å². The summed E-state index contributed by atoms with van der Waals surface area (Å²) in [6.45, 7) is 1.42. The van der Waals surface area contributed by atoms with Crippen LogP contribution in [0, 0.1) is 0 Å². The number of nitrogens with one attached hydrogen (secondary N) is 1. The standard InChI is InChI=1S/C13H18N2O/c1-16-9-7-13-11(6-8-14)10-4-2-3-5-12(10)15-13/h2-5,15H,6-9,14H2,1H3. The number of aromatic nitrogens is 1. The highest BCUT2D eigenvalue weighted by Gasteiger charge is 2.09. The van der Waals surface area contributed by atoms with E-state index >= 15 is 0 Å². The van der Waals surface area contributed by atoms with Gasteiger partial charge in [-0.3, -0.25) is 0 Å².